The molecule has 0 heterocycles. The molecule has 37 heavy (non-hydrogen) atoms. The molecule has 0 radical (unpaired) electrons. The summed E-state index contributed by atoms with van der Waals surface area (Å²) < 4.78 is 39.9. The third kappa shape index (κ3) is 44.9. The van der Waals surface area contributed by atoms with Gasteiger partial charge in [0.25, 0.3) is 0 Å². The van der Waals surface area contributed by atoms with E-state index in [-0.39, 0.29) is 21.1 Å². The van der Waals surface area contributed by atoms with E-state index in [1.165, 1.54) is 0 Å². The Kier molecular flexibility index (Phi) is 43.8. The van der Waals surface area contributed by atoms with Gasteiger partial charge in [0.15, 0.2) is 0 Å². The molecule has 0 aromatic heterocycles. The zero-order chi connectivity index (χ0) is 29.3. The van der Waals surface area contributed by atoms with Crippen molar-refractivity contribution in [3.8, 4) is 0 Å². The van der Waals surface area contributed by atoms with Gasteiger partial charge >= 0.3 is 21.1 Å². The summed E-state index contributed by atoms with van der Waals surface area (Å²) >= 11 is 38.6. The average molecular weight is 936 g/mol. The van der Waals surface area contributed by atoms with Gasteiger partial charge in [-0.2, -0.15) is 0 Å². The molecule has 21 heteroatoms. The monoisotopic (exact) mass is 935 g/mol. The van der Waals surface area contributed by atoms with Crippen molar-refractivity contribution in [3.63, 3.8) is 0 Å². The Hall–Kier alpha value is 4.37. The topological polar surface area (TPSA) is 73.8 Å². The first-order valence-corrected chi connectivity index (χ1v) is 25.5. The van der Waals surface area contributed by atoms with Crippen molar-refractivity contribution < 1.29 is 57.3 Å². The molecule has 0 amide bonds. The fourth-order valence-electron chi connectivity index (χ4n) is 1.41. The standard InChI is InChI=1S/4C4H11O2PS2.Pt/c4*1-3-5-7(8,9)6-4-2;/h4*3-4H2,1-2H3,(H,8,9);/q;;;;+4/p-4. The van der Waals surface area contributed by atoms with Gasteiger partial charge in [-0.1, -0.05) is 47.2 Å². The van der Waals surface area contributed by atoms with E-state index in [0.717, 1.165) is 0 Å². The summed E-state index contributed by atoms with van der Waals surface area (Å²) in [5, 5.41) is 0. The second-order valence-electron chi connectivity index (χ2n) is 5.13. The maximum atomic E-state index is 4.99. The SMILES string of the molecule is CCOP(=S)([S-])OCC.CCOP(=S)([S-])OCC.CCOP(=S)([S-])OCC.CCOP(=S)([S-])OCC.[Pt+4]. The molecule has 0 bridgehead atoms. The Balaban J connectivity index is -0.000000122. The minimum absolute atomic E-state index is 0. The van der Waals surface area contributed by atoms with Crippen molar-refractivity contribution in [2.24, 2.45) is 0 Å². The summed E-state index contributed by atoms with van der Waals surface area (Å²) in [6.07, 6.45) is 0. The molecule has 0 aromatic carbocycles. The van der Waals surface area contributed by atoms with Crippen molar-refractivity contribution in [3.05, 3.63) is 0 Å². The Labute approximate surface area is 281 Å². The fourth-order valence-corrected chi connectivity index (χ4v) is 9.30. The molecule has 0 aliphatic rings. The summed E-state index contributed by atoms with van der Waals surface area (Å²) in [6, 6.07) is 0. The van der Waals surface area contributed by atoms with Crippen LogP contribution in [0.5, 0.6) is 0 Å². The Morgan fingerprint density at radius 3 is 0.486 bits per heavy atom. The summed E-state index contributed by atoms with van der Waals surface area (Å²) in [5.41, 5.74) is -9.10. The van der Waals surface area contributed by atoms with Crippen molar-refractivity contribution >= 4 is 119 Å². The minimum Gasteiger partial charge on any atom is -0.691 e. The molecule has 0 saturated carbocycles. The van der Waals surface area contributed by atoms with Crippen LogP contribution in [0.3, 0.4) is 0 Å². The normalized spacial score (nSPS) is 11.6. The largest absolute Gasteiger partial charge is 4.00 e. The van der Waals surface area contributed by atoms with Gasteiger partial charge < -0.3 is 85.2 Å². The quantitative estimate of drug-likeness (QED) is 0.115. The van der Waals surface area contributed by atoms with Crippen LogP contribution in [-0.2, 0) is 153 Å². The van der Waals surface area contributed by atoms with Gasteiger partial charge in [-0.25, -0.2) is 0 Å². The fraction of sp³-hybridized carbons (Fsp3) is 1.00. The molecule has 0 spiro atoms. The van der Waals surface area contributed by atoms with E-state index >= 15 is 0 Å². The number of hydrogen-bond acceptors (Lipinski definition) is 16. The molecule has 0 aromatic rings. The molecule has 0 rings (SSSR count). The van der Waals surface area contributed by atoms with Gasteiger partial charge in [0.1, 0.15) is 0 Å². The molecular weight excluding hydrogens is 896 g/mol. The molecule has 0 aliphatic heterocycles. The Morgan fingerprint density at radius 2 is 0.432 bits per heavy atom. The summed E-state index contributed by atoms with van der Waals surface area (Å²) in [7, 11) is 0. The second-order valence-corrected chi connectivity index (χ2v) is 25.1. The van der Waals surface area contributed by atoms with Gasteiger partial charge in [0, 0.05) is 52.9 Å². The first-order chi connectivity index (χ1) is 16.5. The van der Waals surface area contributed by atoms with E-state index in [1.54, 1.807) is 0 Å². The number of rotatable bonds is 16. The molecule has 0 saturated heterocycles. The average Bonchev–Trinajstić information content (AvgIpc) is 2.69. The van der Waals surface area contributed by atoms with Gasteiger partial charge in [-0.3, -0.25) is 0 Å². The summed E-state index contributed by atoms with van der Waals surface area (Å²) in [5.74, 6) is 0. The van der Waals surface area contributed by atoms with Gasteiger partial charge in [-0.15, -0.1) is 0 Å². The van der Waals surface area contributed by atoms with Crippen LogP contribution >= 0.6 is 22.8 Å². The molecule has 8 nitrogen and oxygen atoms in total. The van der Waals surface area contributed by atoms with Crippen LogP contribution < -0.4 is 0 Å². The first-order valence-electron chi connectivity index (χ1n) is 10.9. The molecule has 0 fully saturated rings. The molecule has 0 atom stereocenters. The van der Waals surface area contributed by atoms with E-state index in [2.05, 4.69) is 0 Å². The maximum absolute atomic E-state index is 4.99. The first kappa shape index (κ1) is 51.0. The van der Waals surface area contributed by atoms with Crippen molar-refractivity contribution in [2.45, 2.75) is 55.4 Å². The Bertz CT molecular complexity index is 547. The number of hydrogen-bond donors (Lipinski definition) is 0. The molecule has 0 aliphatic carbocycles. The van der Waals surface area contributed by atoms with Crippen LogP contribution in [0.4, 0.5) is 0 Å². The maximum Gasteiger partial charge on any atom is 4.00 e. The van der Waals surface area contributed by atoms with E-state index in [1.807, 2.05) is 55.4 Å². The predicted molar refractivity (Wildman–Crippen MR) is 180 cm³/mol. The van der Waals surface area contributed by atoms with E-state index in [9.17, 15) is 0 Å². The Morgan fingerprint density at radius 1 is 0.351 bits per heavy atom. The van der Waals surface area contributed by atoms with Crippen molar-refractivity contribution in [2.75, 3.05) is 52.9 Å². The summed E-state index contributed by atoms with van der Waals surface area (Å²) in [4.78, 5) is 0. The van der Waals surface area contributed by atoms with Crippen LogP contribution in [0, 0.1) is 0 Å². The molecule has 0 unspecified atom stereocenters. The van der Waals surface area contributed by atoms with Crippen molar-refractivity contribution in [1.29, 1.82) is 0 Å². The van der Waals surface area contributed by atoms with E-state index < -0.39 is 22.8 Å². The minimum atomic E-state index is -2.28. The van der Waals surface area contributed by atoms with Crippen LogP contribution in [0.2, 0.25) is 0 Å². The second kappa shape index (κ2) is 31.8. The van der Waals surface area contributed by atoms with Crippen LogP contribution in [0.15, 0.2) is 0 Å². The predicted octanol–water partition coefficient (Wildman–Crippen LogP) is 7.32. The molecular formula is C16H40O8P4PtS8. The van der Waals surface area contributed by atoms with Crippen LogP contribution in [-0.4, -0.2) is 52.9 Å². The zero-order valence-corrected chi connectivity index (χ0v) is 34.7. The molecule has 0 N–H and O–H groups in total. The van der Waals surface area contributed by atoms with Gasteiger partial charge in [-0.05, 0) is 55.4 Å². The van der Waals surface area contributed by atoms with E-state index in [0.29, 0.717) is 52.9 Å². The molecule has 230 valence electrons. The van der Waals surface area contributed by atoms with E-state index in [4.69, 9.17) is 132 Å². The summed E-state index contributed by atoms with van der Waals surface area (Å²) in [6.45, 7) is 19.2. The van der Waals surface area contributed by atoms with Crippen LogP contribution in [0.25, 0.3) is 0 Å². The van der Waals surface area contributed by atoms with Gasteiger partial charge in [0.05, 0.1) is 22.8 Å². The smallest absolute Gasteiger partial charge is 0.691 e. The zero-order valence-electron chi connectivity index (χ0n) is 22.3. The third-order valence-corrected chi connectivity index (χ3v) is 12.0. The third-order valence-electron chi connectivity index (χ3n) is 2.30. The van der Waals surface area contributed by atoms with Crippen LogP contribution in [0.1, 0.15) is 55.4 Å². The van der Waals surface area contributed by atoms with Crippen molar-refractivity contribution in [1.82, 2.24) is 0 Å². The van der Waals surface area contributed by atoms with Gasteiger partial charge in [0.2, 0.25) is 0 Å².